The SMILES string of the molecule is CCOC(=O)c1cc(F)cc(CCl)c1OC. The lowest BCUT2D eigenvalue weighted by Gasteiger charge is -2.11. The molecule has 0 aromatic heterocycles. The van der Waals surface area contributed by atoms with Crippen LogP contribution in [0.4, 0.5) is 4.39 Å². The minimum Gasteiger partial charge on any atom is -0.496 e. The van der Waals surface area contributed by atoms with E-state index in [0.717, 1.165) is 6.07 Å². The molecular formula is C11H12ClFO3. The lowest BCUT2D eigenvalue weighted by molar-refractivity contribution is 0.0522. The second-order valence-corrected chi connectivity index (χ2v) is 3.27. The smallest absolute Gasteiger partial charge is 0.342 e. The van der Waals surface area contributed by atoms with E-state index >= 15 is 0 Å². The topological polar surface area (TPSA) is 35.5 Å². The first-order valence-corrected chi connectivity index (χ1v) is 5.27. The van der Waals surface area contributed by atoms with Crippen LogP contribution in [0.25, 0.3) is 0 Å². The van der Waals surface area contributed by atoms with E-state index in [0.29, 0.717) is 5.56 Å². The van der Waals surface area contributed by atoms with Crippen molar-refractivity contribution in [3.8, 4) is 5.75 Å². The first-order valence-electron chi connectivity index (χ1n) is 4.73. The van der Waals surface area contributed by atoms with Gasteiger partial charge in [0.15, 0.2) is 0 Å². The first-order chi connectivity index (χ1) is 7.63. The highest BCUT2D eigenvalue weighted by atomic mass is 35.5. The molecule has 0 aliphatic carbocycles. The van der Waals surface area contributed by atoms with Gasteiger partial charge in [-0.05, 0) is 19.1 Å². The molecule has 0 aliphatic rings. The van der Waals surface area contributed by atoms with Crippen LogP contribution < -0.4 is 4.74 Å². The standard InChI is InChI=1S/C11H12ClFO3/c1-3-16-11(14)9-5-8(13)4-7(6-12)10(9)15-2/h4-5H,3,6H2,1-2H3. The van der Waals surface area contributed by atoms with Gasteiger partial charge in [-0.25, -0.2) is 9.18 Å². The molecule has 1 aromatic carbocycles. The van der Waals surface area contributed by atoms with Crippen LogP contribution in [0.5, 0.6) is 5.75 Å². The minimum absolute atomic E-state index is 0.0556. The Morgan fingerprint density at radius 3 is 2.69 bits per heavy atom. The highest BCUT2D eigenvalue weighted by molar-refractivity contribution is 6.17. The molecule has 3 nitrogen and oxygen atoms in total. The molecule has 1 rings (SSSR count). The molecule has 0 aliphatic heterocycles. The van der Waals surface area contributed by atoms with Crippen LogP contribution in [-0.4, -0.2) is 19.7 Å². The Balaban J connectivity index is 3.24. The fourth-order valence-corrected chi connectivity index (χ4v) is 1.55. The van der Waals surface area contributed by atoms with Gasteiger partial charge < -0.3 is 9.47 Å². The summed E-state index contributed by atoms with van der Waals surface area (Å²) in [6.07, 6.45) is 0. The predicted octanol–water partition coefficient (Wildman–Crippen LogP) is 2.75. The molecule has 0 saturated heterocycles. The maximum atomic E-state index is 13.2. The summed E-state index contributed by atoms with van der Waals surface area (Å²) in [5.74, 6) is -0.840. The predicted molar refractivity (Wildman–Crippen MR) is 58.5 cm³/mol. The number of ether oxygens (including phenoxy) is 2. The molecule has 0 atom stereocenters. The number of halogens is 2. The van der Waals surface area contributed by atoms with Gasteiger partial charge in [-0.2, -0.15) is 0 Å². The summed E-state index contributed by atoms with van der Waals surface area (Å²) < 4.78 is 23.0. The Kier molecular flexibility index (Phi) is 4.55. The average molecular weight is 247 g/mol. The Morgan fingerprint density at radius 1 is 1.50 bits per heavy atom. The molecule has 5 heteroatoms. The van der Waals surface area contributed by atoms with Crippen molar-refractivity contribution in [3.63, 3.8) is 0 Å². The highest BCUT2D eigenvalue weighted by Gasteiger charge is 2.18. The van der Waals surface area contributed by atoms with E-state index in [9.17, 15) is 9.18 Å². The molecule has 0 radical (unpaired) electrons. The van der Waals surface area contributed by atoms with Crippen molar-refractivity contribution < 1.29 is 18.7 Å². The number of carbonyl (C=O) groups is 1. The van der Waals surface area contributed by atoms with E-state index in [2.05, 4.69) is 0 Å². The molecule has 0 spiro atoms. The summed E-state index contributed by atoms with van der Waals surface area (Å²) in [5.41, 5.74) is 0.479. The Bertz CT molecular complexity index is 393. The summed E-state index contributed by atoms with van der Waals surface area (Å²) in [6, 6.07) is 2.31. The van der Waals surface area contributed by atoms with Crippen molar-refractivity contribution in [1.82, 2.24) is 0 Å². The van der Waals surface area contributed by atoms with E-state index in [4.69, 9.17) is 21.1 Å². The molecule has 1 aromatic rings. The number of rotatable bonds is 4. The molecule has 0 bridgehead atoms. The number of benzene rings is 1. The van der Waals surface area contributed by atoms with Crippen LogP contribution in [-0.2, 0) is 10.6 Å². The van der Waals surface area contributed by atoms with Crippen LogP contribution in [0, 0.1) is 5.82 Å². The van der Waals surface area contributed by atoms with Crippen LogP contribution in [0.1, 0.15) is 22.8 Å². The van der Waals surface area contributed by atoms with E-state index < -0.39 is 11.8 Å². The van der Waals surface area contributed by atoms with Crippen molar-refractivity contribution in [2.75, 3.05) is 13.7 Å². The van der Waals surface area contributed by atoms with Gasteiger partial charge in [0.25, 0.3) is 0 Å². The lowest BCUT2D eigenvalue weighted by Crippen LogP contribution is -2.08. The molecule has 0 amide bonds. The monoisotopic (exact) mass is 246 g/mol. The van der Waals surface area contributed by atoms with E-state index in [1.807, 2.05) is 0 Å². The van der Waals surface area contributed by atoms with E-state index in [1.165, 1.54) is 13.2 Å². The second-order valence-electron chi connectivity index (χ2n) is 3.00. The Labute approximate surface area is 98.1 Å². The third-order valence-corrected chi connectivity index (χ3v) is 2.26. The molecule has 88 valence electrons. The molecule has 0 heterocycles. The molecule has 0 saturated carbocycles. The zero-order valence-corrected chi connectivity index (χ0v) is 9.81. The number of esters is 1. The van der Waals surface area contributed by atoms with Crippen molar-refractivity contribution in [2.45, 2.75) is 12.8 Å². The van der Waals surface area contributed by atoms with Crippen molar-refractivity contribution in [1.29, 1.82) is 0 Å². The zero-order chi connectivity index (χ0) is 12.1. The first kappa shape index (κ1) is 12.8. The second kappa shape index (κ2) is 5.70. The van der Waals surface area contributed by atoms with Crippen LogP contribution >= 0.6 is 11.6 Å². The van der Waals surface area contributed by atoms with Gasteiger partial charge in [-0.15, -0.1) is 11.6 Å². The largest absolute Gasteiger partial charge is 0.496 e. The Hall–Kier alpha value is -1.29. The number of carbonyl (C=O) groups excluding carboxylic acids is 1. The molecular weight excluding hydrogens is 235 g/mol. The van der Waals surface area contributed by atoms with Gasteiger partial charge >= 0.3 is 5.97 Å². The van der Waals surface area contributed by atoms with Crippen LogP contribution in [0.15, 0.2) is 12.1 Å². The number of methoxy groups -OCH3 is 1. The van der Waals surface area contributed by atoms with Crippen molar-refractivity contribution >= 4 is 17.6 Å². The summed E-state index contributed by atoms with van der Waals surface area (Å²) in [5, 5.41) is 0. The normalized spacial score (nSPS) is 10.0. The summed E-state index contributed by atoms with van der Waals surface area (Å²) >= 11 is 5.64. The minimum atomic E-state index is -0.620. The molecule has 16 heavy (non-hydrogen) atoms. The highest BCUT2D eigenvalue weighted by Crippen LogP contribution is 2.27. The third kappa shape index (κ3) is 2.64. The zero-order valence-electron chi connectivity index (χ0n) is 9.05. The van der Waals surface area contributed by atoms with Crippen molar-refractivity contribution in [3.05, 3.63) is 29.1 Å². The molecule has 0 N–H and O–H groups in total. The lowest BCUT2D eigenvalue weighted by atomic mass is 10.1. The van der Waals surface area contributed by atoms with E-state index in [-0.39, 0.29) is 23.8 Å². The van der Waals surface area contributed by atoms with E-state index in [1.54, 1.807) is 6.92 Å². The van der Waals surface area contributed by atoms with Gasteiger partial charge in [-0.3, -0.25) is 0 Å². The summed E-state index contributed by atoms with van der Waals surface area (Å²) in [6.45, 7) is 1.89. The maximum Gasteiger partial charge on any atom is 0.342 e. The average Bonchev–Trinajstić information content (AvgIpc) is 2.28. The molecule has 0 fully saturated rings. The van der Waals surface area contributed by atoms with Gasteiger partial charge in [0.1, 0.15) is 17.1 Å². The number of alkyl halides is 1. The van der Waals surface area contributed by atoms with Gasteiger partial charge in [0.2, 0.25) is 0 Å². The quantitative estimate of drug-likeness (QED) is 0.605. The van der Waals surface area contributed by atoms with Gasteiger partial charge in [-0.1, -0.05) is 0 Å². The number of hydrogen-bond donors (Lipinski definition) is 0. The van der Waals surface area contributed by atoms with Gasteiger partial charge in [0, 0.05) is 5.56 Å². The maximum absolute atomic E-state index is 13.2. The van der Waals surface area contributed by atoms with Crippen LogP contribution in [0.2, 0.25) is 0 Å². The third-order valence-electron chi connectivity index (χ3n) is 1.97. The summed E-state index contributed by atoms with van der Waals surface area (Å²) in [7, 11) is 1.39. The summed E-state index contributed by atoms with van der Waals surface area (Å²) in [4.78, 5) is 11.5. The van der Waals surface area contributed by atoms with Crippen LogP contribution in [0.3, 0.4) is 0 Å². The Morgan fingerprint density at radius 2 is 2.19 bits per heavy atom. The fourth-order valence-electron chi connectivity index (χ4n) is 1.35. The molecule has 0 unspecified atom stereocenters. The fraction of sp³-hybridized carbons (Fsp3) is 0.364. The van der Waals surface area contributed by atoms with Gasteiger partial charge in [0.05, 0.1) is 19.6 Å². The number of hydrogen-bond acceptors (Lipinski definition) is 3. The van der Waals surface area contributed by atoms with Crippen molar-refractivity contribution in [2.24, 2.45) is 0 Å².